The first-order valence-corrected chi connectivity index (χ1v) is 8.11. The fourth-order valence-electron chi connectivity index (χ4n) is 2.49. The van der Waals surface area contributed by atoms with Crippen LogP contribution in [0.5, 0.6) is 5.75 Å². The molecule has 0 fully saturated rings. The third kappa shape index (κ3) is 4.69. The molecule has 0 saturated carbocycles. The summed E-state index contributed by atoms with van der Waals surface area (Å²) in [6.07, 6.45) is 3.96. The van der Waals surface area contributed by atoms with Gasteiger partial charge in [0, 0.05) is 18.2 Å². The minimum absolute atomic E-state index is 0.305. The Morgan fingerprint density at radius 2 is 1.79 bits per heavy atom. The lowest BCUT2D eigenvalue weighted by Crippen LogP contribution is -2.08. The summed E-state index contributed by atoms with van der Waals surface area (Å²) in [5, 5.41) is 7.40. The highest BCUT2D eigenvalue weighted by Gasteiger charge is 2.08. The van der Waals surface area contributed by atoms with Crippen molar-refractivity contribution in [2.75, 3.05) is 13.7 Å². The van der Waals surface area contributed by atoms with Crippen LogP contribution < -0.4 is 4.74 Å². The molecule has 1 N–H and O–H groups in total. The molecular weight excluding hydrogens is 302 g/mol. The van der Waals surface area contributed by atoms with E-state index in [0.717, 1.165) is 18.4 Å². The van der Waals surface area contributed by atoms with E-state index in [1.807, 2.05) is 42.5 Å². The molecule has 0 atom stereocenters. The van der Waals surface area contributed by atoms with Gasteiger partial charge >= 0.3 is 5.97 Å². The molecule has 0 heterocycles. The molecule has 0 saturated heterocycles. The van der Waals surface area contributed by atoms with Gasteiger partial charge in [0.05, 0.1) is 19.3 Å². The first-order valence-electron chi connectivity index (χ1n) is 8.11. The van der Waals surface area contributed by atoms with Gasteiger partial charge in [0.15, 0.2) is 0 Å². The number of esters is 1. The van der Waals surface area contributed by atoms with E-state index in [9.17, 15) is 4.79 Å². The largest absolute Gasteiger partial charge is 0.496 e. The van der Waals surface area contributed by atoms with Crippen LogP contribution in [0.15, 0.2) is 42.5 Å². The maximum atomic E-state index is 12.0. The van der Waals surface area contributed by atoms with E-state index in [2.05, 4.69) is 6.92 Å². The van der Waals surface area contributed by atoms with Gasteiger partial charge in [-0.15, -0.1) is 0 Å². The fourth-order valence-corrected chi connectivity index (χ4v) is 2.49. The summed E-state index contributed by atoms with van der Waals surface area (Å²) < 4.78 is 10.5. The van der Waals surface area contributed by atoms with Crippen molar-refractivity contribution in [1.82, 2.24) is 0 Å². The highest BCUT2D eigenvalue weighted by molar-refractivity contribution is 5.89. The number of nitrogens with one attached hydrogen (secondary N) is 1. The van der Waals surface area contributed by atoms with Crippen LogP contribution in [0.2, 0.25) is 0 Å². The van der Waals surface area contributed by atoms with Gasteiger partial charge in [-0.05, 0) is 41.8 Å². The zero-order valence-electron chi connectivity index (χ0n) is 14.2. The van der Waals surface area contributed by atoms with Gasteiger partial charge < -0.3 is 14.9 Å². The van der Waals surface area contributed by atoms with Crippen molar-refractivity contribution in [3.05, 3.63) is 64.7 Å². The maximum Gasteiger partial charge on any atom is 0.338 e. The maximum absolute atomic E-state index is 12.0. The van der Waals surface area contributed by atoms with Gasteiger partial charge in [0.2, 0.25) is 0 Å². The quantitative estimate of drug-likeness (QED) is 0.588. The molecule has 2 aromatic carbocycles. The molecule has 0 aliphatic rings. The highest BCUT2D eigenvalue weighted by atomic mass is 16.5. The molecule has 0 aliphatic carbocycles. The lowest BCUT2D eigenvalue weighted by Gasteiger charge is -2.08. The Hall–Kier alpha value is -2.62. The Morgan fingerprint density at radius 3 is 2.42 bits per heavy atom. The third-order valence-electron chi connectivity index (χ3n) is 3.80. The van der Waals surface area contributed by atoms with Crippen LogP contribution in [0.1, 0.15) is 40.4 Å². The molecule has 0 unspecified atom stereocenters. The molecule has 0 aromatic heterocycles. The van der Waals surface area contributed by atoms with Crippen molar-refractivity contribution in [3.63, 3.8) is 0 Å². The predicted molar refractivity (Wildman–Crippen MR) is 95.3 cm³/mol. The number of hydrogen-bond donors (Lipinski definition) is 1. The fraction of sp³-hybridized carbons (Fsp3) is 0.300. The Kier molecular flexibility index (Phi) is 6.55. The smallest absolute Gasteiger partial charge is 0.338 e. The zero-order valence-corrected chi connectivity index (χ0v) is 14.2. The molecular formula is C20H23NO3. The minimum atomic E-state index is -0.307. The first kappa shape index (κ1) is 17.7. The zero-order chi connectivity index (χ0) is 17.4. The average molecular weight is 325 g/mol. The van der Waals surface area contributed by atoms with E-state index >= 15 is 0 Å². The molecule has 0 radical (unpaired) electrons. The average Bonchev–Trinajstić information content (AvgIpc) is 2.62. The summed E-state index contributed by atoms with van der Waals surface area (Å²) in [6, 6.07) is 13.2. The number of aryl methyl sites for hydroxylation is 1. The van der Waals surface area contributed by atoms with Crippen LogP contribution in [-0.2, 0) is 17.6 Å². The second-order valence-corrected chi connectivity index (χ2v) is 5.55. The van der Waals surface area contributed by atoms with E-state index in [1.165, 1.54) is 11.8 Å². The van der Waals surface area contributed by atoms with Crippen LogP contribution in [0.3, 0.4) is 0 Å². The molecule has 4 nitrogen and oxygen atoms in total. The van der Waals surface area contributed by atoms with Crippen LogP contribution in [0.4, 0.5) is 0 Å². The summed E-state index contributed by atoms with van der Waals surface area (Å²) in [5.74, 6) is 0.358. The van der Waals surface area contributed by atoms with Gasteiger partial charge in [-0.1, -0.05) is 31.5 Å². The van der Waals surface area contributed by atoms with Gasteiger partial charge in [-0.3, -0.25) is 0 Å². The van der Waals surface area contributed by atoms with E-state index in [-0.39, 0.29) is 5.97 Å². The SMILES string of the molecule is CCCc1ccc(C(=O)OCCc2ccc(OC)c(C=N)c2)cc1. The van der Waals surface area contributed by atoms with Gasteiger partial charge in [0.1, 0.15) is 5.75 Å². The van der Waals surface area contributed by atoms with Gasteiger partial charge in [0.25, 0.3) is 0 Å². The predicted octanol–water partition coefficient (Wildman–Crippen LogP) is 4.04. The summed E-state index contributed by atoms with van der Waals surface area (Å²) in [6.45, 7) is 2.44. The van der Waals surface area contributed by atoms with Crippen LogP contribution in [-0.4, -0.2) is 25.9 Å². The summed E-state index contributed by atoms with van der Waals surface area (Å²) in [4.78, 5) is 12.0. The lowest BCUT2D eigenvalue weighted by molar-refractivity contribution is 0.0509. The Labute approximate surface area is 142 Å². The van der Waals surface area contributed by atoms with E-state index in [0.29, 0.717) is 29.9 Å². The molecule has 0 amide bonds. The number of hydrogen-bond acceptors (Lipinski definition) is 4. The topological polar surface area (TPSA) is 59.4 Å². The molecule has 0 spiro atoms. The molecule has 2 rings (SSSR count). The monoisotopic (exact) mass is 325 g/mol. The number of benzene rings is 2. The summed E-state index contributed by atoms with van der Waals surface area (Å²) in [7, 11) is 1.58. The minimum Gasteiger partial charge on any atom is -0.496 e. The van der Waals surface area contributed by atoms with Crippen molar-refractivity contribution < 1.29 is 14.3 Å². The van der Waals surface area contributed by atoms with Crippen LogP contribution in [0.25, 0.3) is 0 Å². The molecule has 126 valence electrons. The summed E-state index contributed by atoms with van der Waals surface area (Å²) in [5.41, 5.74) is 3.52. The van der Waals surface area contributed by atoms with Crippen molar-refractivity contribution in [1.29, 1.82) is 5.41 Å². The highest BCUT2D eigenvalue weighted by Crippen LogP contribution is 2.18. The summed E-state index contributed by atoms with van der Waals surface area (Å²) >= 11 is 0. The number of ether oxygens (including phenoxy) is 2. The van der Waals surface area contributed by atoms with Crippen LogP contribution in [0, 0.1) is 5.41 Å². The van der Waals surface area contributed by atoms with Crippen molar-refractivity contribution >= 4 is 12.2 Å². The number of carbonyl (C=O) groups is 1. The molecule has 0 aliphatic heterocycles. The van der Waals surface area contributed by atoms with Crippen molar-refractivity contribution in [3.8, 4) is 5.75 Å². The van der Waals surface area contributed by atoms with E-state index < -0.39 is 0 Å². The van der Waals surface area contributed by atoms with Crippen LogP contribution >= 0.6 is 0 Å². The lowest BCUT2D eigenvalue weighted by atomic mass is 10.1. The molecule has 2 aromatic rings. The Balaban J connectivity index is 1.89. The van der Waals surface area contributed by atoms with Crippen molar-refractivity contribution in [2.45, 2.75) is 26.2 Å². The van der Waals surface area contributed by atoms with Gasteiger partial charge in [-0.25, -0.2) is 4.79 Å². The number of rotatable bonds is 8. The van der Waals surface area contributed by atoms with Gasteiger partial charge in [-0.2, -0.15) is 0 Å². The van der Waals surface area contributed by atoms with E-state index in [1.54, 1.807) is 7.11 Å². The normalized spacial score (nSPS) is 10.2. The first-order chi connectivity index (χ1) is 11.7. The Bertz CT molecular complexity index is 693. The van der Waals surface area contributed by atoms with E-state index in [4.69, 9.17) is 14.9 Å². The molecule has 4 heteroatoms. The standard InChI is InChI=1S/C20H23NO3/c1-3-4-15-5-8-17(9-6-15)20(22)24-12-11-16-7-10-19(23-2)18(13-16)14-21/h5-10,13-14,21H,3-4,11-12H2,1-2H3. The Morgan fingerprint density at radius 1 is 1.08 bits per heavy atom. The molecule has 0 bridgehead atoms. The number of carbonyl (C=O) groups excluding carboxylic acids is 1. The number of methoxy groups -OCH3 is 1. The third-order valence-corrected chi connectivity index (χ3v) is 3.80. The van der Waals surface area contributed by atoms with Crippen molar-refractivity contribution in [2.24, 2.45) is 0 Å². The second kappa shape index (κ2) is 8.87. The molecule has 24 heavy (non-hydrogen) atoms. The second-order valence-electron chi connectivity index (χ2n) is 5.55.